The molecule has 0 aromatic carbocycles. The Balaban J connectivity index is 2.00. The van der Waals surface area contributed by atoms with E-state index in [1.165, 1.54) is 19.4 Å². The standard InChI is InChI=1S/C14H26N6O/c1-4-15-12-17-13(19-14(18-12)21-6-3)16-10-11-8-7-9-20(11)5-2/h11H,4-10H2,1-3H3,(H2,15,16,17,18,19). The van der Waals surface area contributed by atoms with Crippen LogP contribution in [0.1, 0.15) is 33.6 Å². The van der Waals surface area contributed by atoms with Crippen molar-refractivity contribution in [2.75, 3.05) is 43.4 Å². The van der Waals surface area contributed by atoms with Crippen LogP contribution < -0.4 is 15.4 Å². The highest BCUT2D eigenvalue weighted by Gasteiger charge is 2.22. The number of likely N-dealkylation sites (N-methyl/N-ethyl adjacent to an activating group) is 1. The molecule has 0 saturated carbocycles. The first-order valence-corrected chi connectivity index (χ1v) is 7.87. The monoisotopic (exact) mass is 294 g/mol. The van der Waals surface area contributed by atoms with Crippen LogP contribution in [0.2, 0.25) is 0 Å². The summed E-state index contributed by atoms with van der Waals surface area (Å²) in [6, 6.07) is 0.926. The van der Waals surface area contributed by atoms with Crippen molar-refractivity contribution < 1.29 is 4.74 Å². The minimum absolute atomic E-state index is 0.365. The quantitative estimate of drug-likeness (QED) is 0.754. The Morgan fingerprint density at radius 2 is 1.90 bits per heavy atom. The van der Waals surface area contributed by atoms with Crippen molar-refractivity contribution in [2.24, 2.45) is 0 Å². The van der Waals surface area contributed by atoms with Gasteiger partial charge in [-0.15, -0.1) is 0 Å². The van der Waals surface area contributed by atoms with Gasteiger partial charge in [0, 0.05) is 19.1 Å². The average Bonchev–Trinajstić information content (AvgIpc) is 2.93. The molecule has 7 nitrogen and oxygen atoms in total. The summed E-state index contributed by atoms with van der Waals surface area (Å²) in [6.45, 7) is 10.6. The highest BCUT2D eigenvalue weighted by atomic mass is 16.5. The number of rotatable bonds is 8. The van der Waals surface area contributed by atoms with Crippen LogP contribution in [0, 0.1) is 0 Å². The van der Waals surface area contributed by atoms with E-state index in [-0.39, 0.29) is 0 Å². The zero-order chi connectivity index (χ0) is 15.1. The average molecular weight is 294 g/mol. The Morgan fingerprint density at radius 3 is 2.57 bits per heavy atom. The molecule has 2 heterocycles. The largest absolute Gasteiger partial charge is 0.464 e. The fourth-order valence-electron chi connectivity index (χ4n) is 2.62. The Labute approximate surface area is 126 Å². The van der Waals surface area contributed by atoms with E-state index in [4.69, 9.17) is 4.74 Å². The first-order chi connectivity index (χ1) is 10.3. The third-order valence-corrected chi connectivity index (χ3v) is 3.62. The molecule has 2 N–H and O–H groups in total. The van der Waals surface area contributed by atoms with Crippen LogP contribution in [0.5, 0.6) is 6.01 Å². The van der Waals surface area contributed by atoms with Gasteiger partial charge in [-0.05, 0) is 39.8 Å². The van der Waals surface area contributed by atoms with E-state index < -0.39 is 0 Å². The second-order valence-electron chi connectivity index (χ2n) is 5.03. The van der Waals surface area contributed by atoms with Crippen LogP contribution in [0.15, 0.2) is 0 Å². The maximum Gasteiger partial charge on any atom is 0.323 e. The van der Waals surface area contributed by atoms with Gasteiger partial charge in [0.25, 0.3) is 0 Å². The summed E-state index contributed by atoms with van der Waals surface area (Å²) < 4.78 is 5.39. The van der Waals surface area contributed by atoms with Gasteiger partial charge in [-0.2, -0.15) is 15.0 Å². The summed E-state index contributed by atoms with van der Waals surface area (Å²) in [5.41, 5.74) is 0. The molecular formula is C14H26N6O. The van der Waals surface area contributed by atoms with Crippen LogP contribution in [-0.4, -0.2) is 58.7 Å². The Bertz CT molecular complexity index is 417. The van der Waals surface area contributed by atoms with E-state index >= 15 is 0 Å². The van der Waals surface area contributed by atoms with Crippen LogP contribution in [0.3, 0.4) is 0 Å². The lowest BCUT2D eigenvalue weighted by Crippen LogP contribution is -2.35. The van der Waals surface area contributed by atoms with E-state index in [1.54, 1.807) is 0 Å². The van der Waals surface area contributed by atoms with Gasteiger partial charge in [-0.3, -0.25) is 4.90 Å². The third-order valence-electron chi connectivity index (χ3n) is 3.62. The lowest BCUT2D eigenvalue weighted by atomic mass is 10.2. The third kappa shape index (κ3) is 4.42. The molecular weight excluding hydrogens is 268 g/mol. The Morgan fingerprint density at radius 1 is 1.14 bits per heavy atom. The number of nitrogens with zero attached hydrogens (tertiary/aromatic N) is 4. The lowest BCUT2D eigenvalue weighted by Gasteiger charge is -2.22. The summed E-state index contributed by atoms with van der Waals surface area (Å²) in [5.74, 6) is 1.13. The highest BCUT2D eigenvalue weighted by Crippen LogP contribution is 2.17. The summed E-state index contributed by atoms with van der Waals surface area (Å²) >= 11 is 0. The van der Waals surface area contributed by atoms with Gasteiger partial charge in [0.15, 0.2) is 0 Å². The maximum atomic E-state index is 5.39. The number of likely N-dealkylation sites (tertiary alicyclic amines) is 1. The molecule has 1 aliphatic heterocycles. The minimum Gasteiger partial charge on any atom is -0.464 e. The molecule has 1 unspecified atom stereocenters. The predicted molar refractivity (Wildman–Crippen MR) is 83.9 cm³/mol. The van der Waals surface area contributed by atoms with Crippen molar-refractivity contribution in [2.45, 2.75) is 39.7 Å². The zero-order valence-corrected chi connectivity index (χ0v) is 13.2. The molecule has 0 aliphatic carbocycles. The second kappa shape index (κ2) is 7.97. The number of hydrogen-bond acceptors (Lipinski definition) is 7. The van der Waals surface area contributed by atoms with Crippen LogP contribution >= 0.6 is 0 Å². The highest BCUT2D eigenvalue weighted by molar-refractivity contribution is 5.35. The van der Waals surface area contributed by atoms with Crippen LogP contribution in [0.4, 0.5) is 11.9 Å². The van der Waals surface area contributed by atoms with Crippen molar-refractivity contribution in [1.82, 2.24) is 19.9 Å². The molecule has 1 aromatic heterocycles. The van der Waals surface area contributed by atoms with E-state index in [0.29, 0.717) is 30.6 Å². The predicted octanol–water partition coefficient (Wildman–Crippen LogP) is 1.60. The number of ether oxygens (including phenoxy) is 1. The Hall–Kier alpha value is -1.63. The van der Waals surface area contributed by atoms with Crippen LogP contribution in [0.25, 0.3) is 0 Å². The van der Waals surface area contributed by atoms with Gasteiger partial charge in [-0.1, -0.05) is 6.92 Å². The van der Waals surface area contributed by atoms with Gasteiger partial charge in [0.2, 0.25) is 11.9 Å². The molecule has 1 saturated heterocycles. The van der Waals surface area contributed by atoms with E-state index in [9.17, 15) is 0 Å². The van der Waals surface area contributed by atoms with Gasteiger partial charge in [0.05, 0.1) is 6.61 Å². The molecule has 0 radical (unpaired) electrons. The zero-order valence-electron chi connectivity index (χ0n) is 13.2. The summed E-state index contributed by atoms with van der Waals surface area (Å²) in [4.78, 5) is 15.4. The molecule has 2 rings (SSSR count). The number of anilines is 2. The molecule has 1 fully saturated rings. The lowest BCUT2D eigenvalue weighted by molar-refractivity contribution is 0.276. The molecule has 21 heavy (non-hydrogen) atoms. The van der Waals surface area contributed by atoms with Crippen molar-refractivity contribution in [3.05, 3.63) is 0 Å². The Kier molecular flexibility index (Phi) is 5.98. The number of aromatic nitrogens is 3. The molecule has 0 spiro atoms. The summed E-state index contributed by atoms with van der Waals surface area (Å²) in [5, 5.41) is 6.43. The van der Waals surface area contributed by atoms with Crippen molar-refractivity contribution in [3.63, 3.8) is 0 Å². The SMILES string of the molecule is CCNc1nc(NCC2CCCN2CC)nc(OCC)n1. The van der Waals surface area contributed by atoms with E-state index in [2.05, 4.69) is 37.4 Å². The second-order valence-corrected chi connectivity index (χ2v) is 5.03. The summed E-state index contributed by atoms with van der Waals surface area (Å²) in [6.07, 6.45) is 2.49. The number of hydrogen-bond donors (Lipinski definition) is 2. The van der Waals surface area contributed by atoms with E-state index in [1.807, 2.05) is 13.8 Å². The fourth-order valence-corrected chi connectivity index (χ4v) is 2.62. The molecule has 0 bridgehead atoms. The number of nitrogens with one attached hydrogen (secondary N) is 2. The van der Waals surface area contributed by atoms with Gasteiger partial charge in [0.1, 0.15) is 0 Å². The maximum absolute atomic E-state index is 5.39. The summed E-state index contributed by atoms with van der Waals surface area (Å²) in [7, 11) is 0. The van der Waals surface area contributed by atoms with Gasteiger partial charge >= 0.3 is 6.01 Å². The van der Waals surface area contributed by atoms with Crippen molar-refractivity contribution in [1.29, 1.82) is 0 Å². The molecule has 0 amide bonds. The molecule has 1 aromatic rings. The minimum atomic E-state index is 0.365. The molecule has 7 heteroatoms. The molecule has 1 atom stereocenters. The van der Waals surface area contributed by atoms with Crippen molar-refractivity contribution >= 4 is 11.9 Å². The van der Waals surface area contributed by atoms with E-state index in [0.717, 1.165) is 19.6 Å². The topological polar surface area (TPSA) is 75.2 Å². The van der Waals surface area contributed by atoms with Crippen molar-refractivity contribution in [3.8, 4) is 6.01 Å². The van der Waals surface area contributed by atoms with Crippen LogP contribution in [-0.2, 0) is 0 Å². The van der Waals surface area contributed by atoms with Gasteiger partial charge < -0.3 is 15.4 Å². The fraction of sp³-hybridized carbons (Fsp3) is 0.786. The normalized spacial score (nSPS) is 18.7. The molecule has 1 aliphatic rings. The van der Waals surface area contributed by atoms with Gasteiger partial charge in [-0.25, -0.2) is 0 Å². The first kappa shape index (κ1) is 15.8. The first-order valence-electron chi connectivity index (χ1n) is 7.87. The molecule has 118 valence electrons. The smallest absolute Gasteiger partial charge is 0.323 e.